The fourth-order valence-electron chi connectivity index (χ4n) is 1.42. The van der Waals surface area contributed by atoms with Gasteiger partial charge in [0.05, 0.1) is 5.52 Å². The van der Waals surface area contributed by atoms with Crippen LogP contribution in [-0.4, -0.2) is 4.57 Å². The van der Waals surface area contributed by atoms with E-state index in [1.807, 2.05) is 36.0 Å². The molecule has 0 fully saturated rings. The van der Waals surface area contributed by atoms with E-state index in [0.29, 0.717) is 11.5 Å². The zero-order valence-corrected chi connectivity index (χ0v) is 9.26. The lowest BCUT2D eigenvalue weighted by atomic mass is 10.2. The van der Waals surface area contributed by atoms with Gasteiger partial charge in [-0.1, -0.05) is 0 Å². The van der Waals surface area contributed by atoms with Gasteiger partial charge in [0, 0.05) is 50.5 Å². The first kappa shape index (κ1) is 9.61. The Balaban J connectivity index is 2.71. The Morgan fingerprint density at radius 2 is 1.79 bits per heavy atom. The van der Waals surface area contributed by atoms with Gasteiger partial charge in [-0.25, -0.2) is 0 Å². The summed E-state index contributed by atoms with van der Waals surface area (Å²) >= 11 is 7.50. The fourth-order valence-corrected chi connectivity index (χ4v) is 1.70. The molecule has 0 aliphatic carbocycles. The number of thiol groups is 2. The third kappa shape index (κ3) is 1.42. The van der Waals surface area contributed by atoms with Crippen molar-refractivity contribution in [1.29, 1.82) is 0 Å². The Morgan fingerprint density at radius 3 is 2.43 bits per heavy atom. The average Bonchev–Trinajstić information content (AvgIpc) is 2.58. The molecule has 0 radical (unpaired) electrons. The minimum atomic E-state index is 0.553. The fraction of sp³-hybridized carbons (Fsp3) is 0.111. The summed E-state index contributed by atoms with van der Waals surface area (Å²) in [6.45, 7) is 0. The molecule has 0 saturated heterocycles. The zero-order chi connectivity index (χ0) is 10.1. The van der Waals surface area contributed by atoms with E-state index in [0.717, 1.165) is 10.9 Å². The molecule has 74 valence electrons. The lowest BCUT2D eigenvalue weighted by molar-refractivity contribution is 0.582. The summed E-state index contributed by atoms with van der Waals surface area (Å²) in [6.07, 6.45) is 1.97. The largest absolute Gasteiger partial charge is 0.425 e. The smallest absolute Gasteiger partial charge is 0.182 e. The molecule has 0 saturated carbocycles. The SMILES string of the molecule is Cn1ccc2cc(OS)c(OS)cc21. The van der Waals surface area contributed by atoms with Gasteiger partial charge in [-0.15, -0.1) is 0 Å². The number of hydrogen-bond acceptors (Lipinski definition) is 4. The summed E-state index contributed by atoms with van der Waals surface area (Å²) in [7, 11) is 1.96. The molecule has 0 N–H and O–H groups in total. The van der Waals surface area contributed by atoms with Crippen LogP contribution in [0.3, 0.4) is 0 Å². The highest BCUT2D eigenvalue weighted by atomic mass is 32.1. The Hall–Kier alpha value is -0.940. The Labute approximate surface area is 92.9 Å². The van der Waals surface area contributed by atoms with Crippen molar-refractivity contribution in [3.05, 3.63) is 24.4 Å². The molecular weight excluding hydrogens is 218 g/mol. The molecule has 0 aliphatic heterocycles. The number of nitrogens with zero attached hydrogens (tertiary/aromatic N) is 1. The molecule has 3 nitrogen and oxygen atoms in total. The normalized spacial score (nSPS) is 10.5. The Bertz CT molecular complexity index is 467. The molecule has 1 heterocycles. The number of hydrogen-bond donors (Lipinski definition) is 2. The summed E-state index contributed by atoms with van der Waals surface area (Å²) in [4.78, 5) is 0. The maximum absolute atomic E-state index is 4.88. The second-order valence-electron chi connectivity index (χ2n) is 2.97. The minimum absolute atomic E-state index is 0.553. The summed E-state index contributed by atoms with van der Waals surface area (Å²) in [6, 6.07) is 5.70. The van der Waals surface area contributed by atoms with Crippen LogP contribution in [0.1, 0.15) is 0 Å². The first-order valence-electron chi connectivity index (χ1n) is 3.98. The van der Waals surface area contributed by atoms with E-state index in [9.17, 15) is 0 Å². The van der Waals surface area contributed by atoms with Crippen LogP contribution in [0.5, 0.6) is 11.5 Å². The monoisotopic (exact) mass is 227 g/mol. The molecule has 1 aromatic carbocycles. The van der Waals surface area contributed by atoms with Crippen LogP contribution in [0.4, 0.5) is 0 Å². The molecule has 0 bridgehead atoms. The average molecular weight is 227 g/mol. The molecule has 2 aromatic rings. The van der Waals surface area contributed by atoms with Crippen LogP contribution in [-0.2, 0) is 7.05 Å². The van der Waals surface area contributed by atoms with Crippen molar-refractivity contribution in [2.45, 2.75) is 0 Å². The quantitative estimate of drug-likeness (QED) is 0.608. The van der Waals surface area contributed by atoms with E-state index < -0.39 is 0 Å². The van der Waals surface area contributed by atoms with Crippen LogP contribution >= 0.6 is 25.8 Å². The summed E-state index contributed by atoms with van der Waals surface area (Å²) in [5.74, 6) is 1.11. The van der Waals surface area contributed by atoms with Crippen molar-refractivity contribution in [2.24, 2.45) is 7.05 Å². The van der Waals surface area contributed by atoms with Gasteiger partial charge in [0.25, 0.3) is 0 Å². The first-order chi connectivity index (χ1) is 6.76. The lowest BCUT2D eigenvalue weighted by Crippen LogP contribution is -1.86. The van der Waals surface area contributed by atoms with Gasteiger partial charge in [-0.05, 0) is 12.1 Å². The third-order valence-corrected chi connectivity index (χ3v) is 2.54. The van der Waals surface area contributed by atoms with Gasteiger partial charge < -0.3 is 12.9 Å². The van der Waals surface area contributed by atoms with Gasteiger partial charge in [-0.3, -0.25) is 0 Å². The van der Waals surface area contributed by atoms with Crippen molar-refractivity contribution >= 4 is 36.7 Å². The van der Waals surface area contributed by atoms with Crippen molar-refractivity contribution in [3.8, 4) is 11.5 Å². The molecule has 0 spiro atoms. The maximum atomic E-state index is 4.88. The molecule has 0 amide bonds. The van der Waals surface area contributed by atoms with Crippen LogP contribution in [0.2, 0.25) is 0 Å². The van der Waals surface area contributed by atoms with Crippen LogP contribution < -0.4 is 8.37 Å². The Morgan fingerprint density at radius 1 is 1.14 bits per heavy atom. The molecule has 0 aliphatic rings. The molecule has 5 heteroatoms. The second kappa shape index (κ2) is 3.67. The lowest BCUT2D eigenvalue weighted by Gasteiger charge is -2.05. The molecule has 0 atom stereocenters. The molecule has 2 rings (SSSR count). The molecule has 0 unspecified atom stereocenters. The van der Waals surface area contributed by atoms with Gasteiger partial charge in [0.2, 0.25) is 0 Å². The van der Waals surface area contributed by atoms with Crippen molar-refractivity contribution in [2.75, 3.05) is 0 Å². The van der Waals surface area contributed by atoms with E-state index in [-0.39, 0.29) is 0 Å². The van der Waals surface area contributed by atoms with Crippen LogP contribution in [0, 0.1) is 0 Å². The highest BCUT2D eigenvalue weighted by Gasteiger charge is 2.08. The van der Waals surface area contributed by atoms with E-state index in [4.69, 9.17) is 8.37 Å². The standard InChI is InChI=1S/C9H9NO2S2/c1-10-3-2-6-4-8(11-13)9(12-14)5-7(6)10/h2-5,13-14H,1H3. The number of benzene rings is 1. The predicted octanol–water partition coefficient (Wildman–Crippen LogP) is 2.63. The van der Waals surface area contributed by atoms with Crippen LogP contribution in [0.25, 0.3) is 10.9 Å². The van der Waals surface area contributed by atoms with Gasteiger partial charge in [0.1, 0.15) is 0 Å². The zero-order valence-electron chi connectivity index (χ0n) is 7.47. The first-order valence-corrected chi connectivity index (χ1v) is 4.71. The third-order valence-electron chi connectivity index (χ3n) is 2.15. The Kier molecular flexibility index (Phi) is 2.52. The maximum Gasteiger partial charge on any atom is 0.182 e. The van der Waals surface area contributed by atoms with E-state index in [2.05, 4.69) is 25.8 Å². The number of fused-ring (bicyclic) bond motifs is 1. The van der Waals surface area contributed by atoms with E-state index in [1.165, 1.54) is 0 Å². The highest BCUT2D eigenvalue weighted by molar-refractivity contribution is 7.75. The van der Waals surface area contributed by atoms with Crippen molar-refractivity contribution in [3.63, 3.8) is 0 Å². The highest BCUT2D eigenvalue weighted by Crippen LogP contribution is 2.33. The number of aromatic nitrogens is 1. The number of rotatable bonds is 2. The minimum Gasteiger partial charge on any atom is -0.425 e. The van der Waals surface area contributed by atoms with Gasteiger partial charge in [0.15, 0.2) is 11.5 Å². The van der Waals surface area contributed by atoms with Crippen molar-refractivity contribution < 1.29 is 8.37 Å². The second-order valence-corrected chi connectivity index (χ2v) is 3.33. The number of aryl methyl sites for hydroxylation is 1. The van der Waals surface area contributed by atoms with Crippen LogP contribution in [0.15, 0.2) is 24.4 Å². The van der Waals surface area contributed by atoms with Crippen molar-refractivity contribution in [1.82, 2.24) is 4.57 Å². The van der Waals surface area contributed by atoms with E-state index in [1.54, 1.807) is 0 Å². The van der Waals surface area contributed by atoms with Gasteiger partial charge >= 0.3 is 0 Å². The topological polar surface area (TPSA) is 23.4 Å². The molecule has 1 aromatic heterocycles. The van der Waals surface area contributed by atoms with E-state index >= 15 is 0 Å². The predicted molar refractivity (Wildman–Crippen MR) is 62.1 cm³/mol. The molecule has 14 heavy (non-hydrogen) atoms. The van der Waals surface area contributed by atoms with Gasteiger partial charge in [-0.2, -0.15) is 0 Å². The summed E-state index contributed by atoms with van der Waals surface area (Å²) in [5.41, 5.74) is 1.06. The molecular formula is C9H9NO2S2. The summed E-state index contributed by atoms with van der Waals surface area (Å²) in [5, 5.41) is 1.07. The summed E-state index contributed by atoms with van der Waals surface area (Å²) < 4.78 is 11.7.